The van der Waals surface area contributed by atoms with Crippen LogP contribution in [0.4, 0.5) is 11.5 Å². The van der Waals surface area contributed by atoms with Crippen LogP contribution in [0.2, 0.25) is 5.02 Å². The van der Waals surface area contributed by atoms with Gasteiger partial charge in [0, 0.05) is 22.7 Å². The van der Waals surface area contributed by atoms with Crippen LogP contribution in [-0.4, -0.2) is 16.0 Å². The minimum Gasteiger partial charge on any atom is -0.508 e. The van der Waals surface area contributed by atoms with Crippen molar-refractivity contribution in [3.8, 4) is 5.75 Å². The van der Waals surface area contributed by atoms with Gasteiger partial charge in [-0.2, -0.15) is 0 Å². The number of hydrogen-bond acceptors (Lipinski definition) is 5. The van der Waals surface area contributed by atoms with Gasteiger partial charge in [0.2, 0.25) is 5.55 Å². The number of carbonyl (C=O) groups excluding carboxylic acids is 1. The molecule has 0 saturated carbocycles. The van der Waals surface area contributed by atoms with E-state index in [0.29, 0.717) is 27.5 Å². The van der Waals surface area contributed by atoms with E-state index >= 15 is 0 Å². The fourth-order valence-electron chi connectivity index (χ4n) is 2.80. The van der Waals surface area contributed by atoms with E-state index in [2.05, 4.69) is 15.3 Å². The lowest BCUT2D eigenvalue weighted by Crippen LogP contribution is -2.22. The molecule has 0 unspecified atom stereocenters. The Morgan fingerprint density at radius 3 is 2.79 bits per heavy atom. The number of amides is 1. The van der Waals surface area contributed by atoms with Crippen LogP contribution in [0.1, 0.15) is 15.9 Å². The first kappa shape index (κ1) is 18.7. The molecule has 6 nitrogen and oxygen atoms in total. The van der Waals surface area contributed by atoms with Crippen molar-refractivity contribution in [2.24, 2.45) is 4.99 Å². The highest BCUT2D eigenvalue weighted by Crippen LogP contribution is 2.26. The van der Waals surface area contributed by atoms with Crippen LogP contribution in [0.15, 0.2) is 76.3 Å². The Kier molecular flexibility index (Phi) is 5.01. The zero-order valence-corrected chi connectivity index (χ0v) is 16.1. The van der Waals surface area contributed by atoms with Gasteiger partial charge in [0.25, 0.3) is 5.91 Å². The van der Waals surface area contributed by atoms with E-state index in [-0.39, 0.29) is 16.9 Å². The van der Waals surface area contributed by atoms with Crippen molar-refractivity contribution < 1.29 is 14.3 Å². The van der Waals surface area contributed by atoms with E-state index in [1.807, 2.05) is 6.92 Å². The Labute approximate surface area is 171 Å². The highest BCUT2D eigenvalue weighted by molar-refractivity contribution is 6.31. The molecular formula is C22H16ClN3O3. The minimum absolute atomic E-state index is 0.0526. The lowest BCUT2D eigenvalue weighted by molar-refractivity contribution is 0.102. The van der Waals surface area contributed by atoms with E-state index in [0.717, 1.165) is 5.56 Å². The highest BCUT2D eigenvalue weighted by atomic mass is 35.5. The van der Waals surface area contributed by atoms with Gasteiger partial charge in [0.1, 0.15) is 22.7 Å². The van der Waals surface area contributed by atoms with Crippen molar-refractivity contribution in [2.45, 2.75) is 6.92 Å². The summed E-state index contributed by atoms with van der Waals surface area (Å²) < 4.78 is 5.88. The first-order valence-electron chi connectivity index (χ1n) is 8.80. The van der Waals surface area contributed by atoms with Crippen LogP contribution in [0.5, 0.6) is 5.75 Å². The molecule has 0 aliphatic rings. The summed E-state index contributed by atoms with van der Waals surface area (Å²) in [4.78, 5) is 21.6. The standard InChI is InChI=1S/C22H16ClN3O3/c1-13-17(23)5-4-6-18(13)25-22-16(21(28)26-20-7-2-3-10-24-20)11-14-8-9-15(27)12-19(14)29-22/h2-12,27H,1H3,(H,24,26,28). The van der Waals surface area contributed by atoms with Crippen LogP contribution in [0, 0.1) is 6.92 Å². The fraction of sp³-hybridized carbons (Fsp3) is 0.0455. The molecule has 2 heterocycles. The molecule has 0 saturated heterocycles. The molecule has 7 heteroatoms. The van der Waals surface area contributed by atoms with Crippen molar-refractivity contribution in [3.63, 3.8) is 0 Å². The normalized spacial score (nSPS) is 11.6. The molecule has 2 aromatic carbocycles. The van der Waals surface area contributed by atoms with Crippen LogP contribution in [0.25, 0.3) is 11.0 Å². The number of carbonyl (C=O) groups is 1. The van der Waals surface area contributed by atoms with Gasteiger partial charge in [0.15, 0.2) is 0 Å². The minimum atomic E-state index is -0.416. The Hall–Kier alpha value is -3.64. The number of benzene rings is 2. The molecule has 1 amide bonds. The molecule has 0 spiro atoms. The quantitative estimate of drug-likeness (QED) is 0.503. The van der Waals surface area contributed by atoms with Crippen molar-refractivity contribution >= 4 is 40.0 Å². The summed E-state index contributed by atoms with van der Waals surface area (Å²) in [5.41, 5.74) is 2.07. The summed E-state index contributed by atoms with van der Waals surface area (Å²) in [5, 5.41) is 13.7. The summed E-state index contributed by atoms with van der Waals surface area (Å²) in [6.45, 7) is 1.83. The SMILES string of the molecule is Cc1c(Cl)cccc1N=c1oc2cc(O)ccc2cc1C(=O)Nc1ccccn1. The fourth-order valence-corrected chi connectivity index (χ4v) is 2.97. The second-order valence-electron chi connectivity index (χ2n) is 6.35. The van der Waals surface area contributed by atoms with Crippen molar-refractivity contribution in [1.82, 2.24) is 4.98 Å². The summed E-state index contributed by atoms with van der Waals surface area (Å²) in [7, 11) is 0. The largest absolute Gasteiger partial charge is 0.508 e. The predicted octanol–water partition coefficient (Wildman–Crippen LogP) is 4.98. The average Bonchev–Trinajstić information content (AvgIpc) is 2.71. The molecule has 29 heavy (non-hydrogen) atoms. The molecule has 0 aliphatic carbocycles. The number of halogens is 1. The molecule has 0 radical (unpaired) electrons. The average molecular weight is 406 g/mol. The van der Waals surface area contributed by atoms with Crippen molar-refractivity contribution in [3.05, 3.63) is 88.6 Å². The van der Waals surface area contributed by atoms with E-state index in [1.165, 1.54) is 12.1 Å². The molecule has 0 aliphatic heterocycles. The number of phenolic OH excluding ortho intramolecular Hbond substituents is 1. The van der Waals surface area contributed by atoms with Gasteiger partial charge in [0.05, 0.1) is 5.69 Å². The number of anilines is 1. The van der Waals surface area contributed by atoms with Gasteiger partial charge in [-0.25, -0.2) is 9.98 Å². The Bertz CT molecular complexity index is 1280. The number of phenols is 1. The third-order valence-corrected chi connectivity index (χ3v) is 4.76. The molecule has 0 fully saturated rings. The van der Waals surface area contributed by atoms with Gasteiger partial charge in [-0.05, 0) is 55.0 Å². The number of rotatable bonds is 3. The summed E-state index contributed by atoms with van der Waals surface area (Å²) >= 11 is 6.19. The predicted molar refractivity (Wildman–Crippen MR) is 111 cm³/mol. The Morgan fingerprint density at radius 1 is 1.14 bits per heavy atom. The third kappa shape index (κ3) is 3.97. The molecular weight excluding hydrogens is 390 g/mol. The van der Waals surface area contributed by atoms with Crippen molar-refractivity contribution in [2.75, 3.05) is 5.32 Å². The Balaban J connectivity index is 1.90. The summed E-state index contributed by atoms with van der Waals surface area (Å²) in [5.74, 6) is 0.0471. The van der Waals surface area contributed by atoms with Crippen LogP contribution >= 0.6 is 11.6 Å². The topological polar surface area (TPSA) is 87.7 Å². The number of fused-ring (bicyclic) bond motifs is 1. The van der Waals surface area contributed by atoms with E-state index < -0.39 is 5.91 Å². The van der Waals surface area contributed by atoms with Gasteiger partial charge >= 0.3 is 0 Å². The van der Waals surface area contributed by atoms with Crippen LogP contribution < -0.4 is 10.9 Å². The lowest BCUT2D eigenvalue weighted by Gasteiger charge is -2.07. The third-order valence-electron chi connectivity index (χ3n) is 4.35. The number of aromatic hydroxyl groups is 1. The smallest absolute Gasteiger partial charge is 0.262 e. The maximum absolute atomic E-state index is 12.9. The van der Waals surface area contributed by atoms with Gasteiger partial charge in [-0.1, -0.05) is 23.7 Å². The number of aromatic nitrogens is 1. The summed E-state index contributed by atoms with van der Waals surface area (Å²) in [6, 6.07) is 16.9. The second-order valence-corrected chi connectivity index (χ2v) is 6.76. The van der Waals surface area contributed by atoms with Crippen molar-refractivity contribution in [1.29, 1.82) is 0 Å². The van der Waals surface area contributed by atoms with E-state index in [1.54, 1.807) is 54.7 Å². The molecule has 0 atom stereocenters. The second kappa shape index (κ2) is 7.77. The first-order valence-corrected chi connectivity index (χ1v) is 9.18. The van der Waals surface area contributed by atoms with Gasteiger partial charge in [-0.3, -0.25) is 4.79 Å². The maximum Gasteiger partial charge on any atom is 0.262 e. The zero-order valence-electron chi connectivity index (χ0n) is 15.4. The molecule has 4 aromatic rings. The van der Waals surface area contributed by atoms with E-state index in [9.17, 15) is 9.90 Å². The monoisotopic (exact) mass is 405 g/mol. The summed E-state index contributed by atoms with van der Waals surface area (Å²) in [6.07, 6.45) is 1.59. The van der Waals surface area contributed by atoms with Gasteiger partial charge < -0.3 is 14.8 Å². The molecule has 144 valence electrons. The molecule has 2 aromatic heterocycles. The first-order chi connectivity index (χ1) is 14.0. The van der Waals surface area contributed by atoms with Crippen LogP contribution in [0.3, 0.4) is 0 Å². The number of pyridine rings is 1. The number of nitrogens with zero attached hydrogens (tertiary/aromatic N) is 2. The maximum atomic E-state index is 12.9. The van der Waals surface area contributed by atoms with E-state index in [4.69, 9.17) is 16.0 Å². The lowest BCUT2D eigenvalue weighted by atomic mass is 10.1. The highest BCUT2D eigenvalue weighted by Gasteiger charge is 2.14. The number of nitrogens with one attached hydrogen (secondary N) is 1. The molecule has 0 bridgehead atoms. The Morgan fingerprint density at radius 2 is 2.00 bits per heavy atom. The van der Waals surface area contributed by atoms with Crippen LogP contribution in [-0.2, 0) is 0 Å². The number of hydrogen-bond donors (Lipinski definition) is 2. The van der Waals surface area contributed by atoms with Gasteiger partial charge in [-0.15, -0.1) is 0 Å². The molecule has 2 N–H and O–H groups in total. The molecule has 4 rings (SSSR count). The zero-order chi connectivity index (χ0) is 20.4.